The number of carbonyl (C=O) groups is 1. The quantitative estimate of drug-likeness (QED) is 0.148. The van der Waals surface area contributed by atoms with Crippen molar-refractivity contribution in [1.82, 2.24) is 9.97 Å². The minimum Gasteiger partial charge on any atom is -0.458 e. The van der Waals surface area contributed by atoms with Crippen LogP contribution in [0.2, 0.25) is 0 Å². The standard InChI is InChI=1S/C36H33F3N6O4/c1-19(2)36(47)44-26-11-10-22(17-25(26)39)31(40)30-34(41-18-42-35(30)45-12-14-48-15-13-45)43-20(3)33-28(21-6-4-7-23(37)16-21)32(46)29-24(38)8-5-9-27(29)49-33/h4-11,16-20,40H,12-15H2,1-3H3,(H,44,47)(H,41,42,43). The van der Waals surface area contributed by atoms with Crippen LogP contribution in [-0.2, 0) is 9.53 Å². The van der Waals surface area contributed by atoms with Crippen LogP contribution in [0.25, 0.3) is 22.1 Å². The third-order valence-corrected chi connectivity index (χ3v) is 8.18. The predicted molar refractivity (Wildman–Crippen MR) is 181 cm³/mol. The van der Waals surface area contributed by atoms with Gasteiger partial charge < -0.3 is 24.7 Å². The van der Waals surface area contributed by atoms with Crippen molar-refractivity contribution in [2.75, 3.05) is 41.8 Å². The number of nitrogens with one attached hydrogen (secondary N) is 3. The van der Waals surface area contributed by atoms with E-state index in [2.05, 4.69) is 20.6 Å². The first kappa shape index (κ1) is 33.3. The summed E-state index contributed by atoms with van der Waals surface area (Å²) in [6.07, 6.45) is 1.32. The average Bonchev–Trinajstić information content (AvgIpc) is 3.08. The molecule has 1 aliphatic heterocycles. The topological polar surface area (TPSA) is 133 Å². The van der Waals surface area contributed by atoms with Crippen LogP contribution in [0.5, 0.6) is 0 Å². The molecule has 1 fully saturated rings. The van der Waals surface area contributed by atoms with E-state index < -0.39 is 28.9 Å². The van der Waals surface area contributed by atoms with Crippen LogP contribution < -0.4 is 21.0 Å². The number of halogens is 3. The molecule has 0 bridgehead atoms. The molecular formula is C36H33F3N6O4. The van der Waals surface area contributed by atoms with Crippen LogP contribution in [0.3, 0.4) is 0 Å². The van der Waals surface area contributed by atoms with E-state index in [4.69, 9.17) is 9.15 Å². The van der Waals surface area contributed by atoms with Crippen molar-refractivity contribution in [2.45, 2.75) is 26.8 Å². The molecule has 3 aromatic carbocycles. The monoisotopic (exact) mass is 670 g/mol. The highest BCUT2D eigenvalue weighted by Gasteiger charge is 2.28. The first-order valence-electron chi connectivity index (χ1n) is 15.7. The number of aromatic nitrogens is 2. The molecule has 2 aromatic heterocycles. The lowest BCUT2D eigenvalue weighted by molar-refractivity contribution is -0.118. The van der Waals surface area contributed by atoms with Crippen molar-refractivity contribution >= 4 is 39.9 Å². The zero-order valence-corrected chi connectivity index (χ0v) is 26.9. The Balaban J connectivity index is 1.46. The summed E-state index contributed by atoms with van der Waals surface area (Å²) in [7, 11) is 0. The Kier molecular flexibility index (Phi) is 9.45. The second-order valence-electron chi connectivity index (χ2n) is 11.9. The van der Waals surface area contributed by atoms with Gasteiger partial charge in [0.2, 0.25) is 11.3 Å². The minimum atomic E-state index is -0.844. The molecular weight excluding hydrogens is 637 g/mol. The summed E-state index contributed by atoms with van der Waals surface area (Å²) in [5, 5.41) is 14.8. The Morgan fingerprint density at radius 1 is 0.959 bits per heavy atom. The molecule has 6 rings (SSSR count). The number of amides is 1. The van der Waals surface area contributed by atoms with Gasteiger partial charge in [0.05, 0.1) is 41.8 Å². The van der Waals surface area contributed by atoms with Gasteiger partial charge in [-0.05, 0) is 48.9 Å². The number of ether oxygens (including phenoxy) is 1. The number of morpholine rings is 1. The first-order valence-corrected chi connectivity index (χ1v) is 15.7. The zero-order chi connectivity index (χ0) is 34.8. The van der Waals surface area contributed by atoms with Crippen molar-refractivity contribution < 1.29 is 27.1 Å². The lowest BCUT2D eigenvalue weighted by Crippen LogP contribution is -2.38. The summed E-state index contributed by atoms with van der Waals surface area (Å²) in [6.45, 7) is 6.85. The molecule has 0 spiro atoms. The second-order valence-corrected chi connectivity index (χ2v) is 11.9. The van der Waals surface area contributed by atoms with Crippen molar-refractivity contribution in [3.8, 4) is 11.1 Å². The number of anilines is 3. The minimum absolute atomic E-state index is 0.00131. The summed E-state index contributed by atoms with van der Waals surface area (Å²) < 4.78 is 56.3. The van der Waals surface area contributed by atoms with Crippen LogP contribution >= 0.6 is 0 Å². The van der Waals surface area contributed by atoms with Gasteiger partial charge >= 0.3 is 0 Å². The summed E-state index contributed by atoms with van der Waals surface area (Å²) in [4.78, 5) is 36.9. The number of nitrogens with zero attached hydrogens (tertiary/aromatic N) is 3. The highest BCUT2D eigenvalue weighted by atomic mass is 19.1. The van der Waals surface area contributed by atoms with Crippen LogP contribution in [0.4, 0.5) is 30.5 Å². The molecule has 5 aromatic rings. The lowest BCUT2D eigenvalue weighted by atomic mass is 9.98. The number of rotatable bonds is 9. The maximum atomic E-state index is 15.3. The van der Waals surface area contributed by atoms with E-state index >= 15 is 4.39 Å². The number of carbonyl (C=O) groups excluding carboxylic acids is 1. The van der Waals surface area contributed by atoms with Crippen LogP contribution in [0.15, 0.2) is 76.2 Å². The second kappa shape index (κ2) is 13.9. The predicted octanol–water partition coefficient (Wildman–Crippen LogP) is 6.69. The Bertz CT molecular complexity index is 2130. The van der Waals surface area contributed by atoms with Crippen molar-refractivity contribution in [3.63, 3.8) is 0 Å². The van der Waals surface area contributed by atoms with Crippen molar-refractivity contribution in [3.05, 3.63) is 112 Å². The van der Waals surface area contributed by atoms with Gasteiger partial charge in [-0.1, -0.05) is 38.1 Å². The molecule has 3 N–H and O–H groups in total. The maximum Gasteiger partial charge on any atom is 0.227 e. The molecule has 10 nitrogen and oxygen atoms in total. The Morgan fingerprint density at radius 2 is 1.71 bits per heavy atom. The SMILES string of the molecule is CC(C)C(=O)Nc1ccc(C(=N)c2c(NC(C)c3oc4cccc(F)c4c(=O)c3-c3cccc(F)c3)ncnc2N2CCOCC2)cc1F. The van der Waals surface area contributed by atoms with Crippen LogP contribution in [-0.4, -0.2) is 47.9 Å². The molecule has 13 heteroatoms. The van der Waals surface area contributed by atoms with E-state index in [0.717, 1.165) is 12.1 Å². The molecule has 3 heterocycles. The third-order valence-electron chi connectivity index (χ3n) is 8.18. The van der Waals surface area contributed by atoms with Gasteiger partial charge in [-0.25, -0.2) is 23.1 Å². The van der Waals surface area contributed by atoms with E-state index in [1.807, 2.05) is 4.90 Å². The fourth-order valence-electron chi connectivity index (χ4n) is 5.63. The lowest BCUT2D eigenvalue weighted by Gasteiger charge is -2.30. The molecule has 1 amide bonds. The smallest absolute Gasteiger partial charge is 0.227 e. The number of benzene rings is 3. The molecule has 1 unspecified atom stereocenters. The number of fused-ring (bicyclic) bond motifs is 1. The van der Waals surface area contributed by atoms with Gasteiger partial charge in [0.15, 0.2) is 0 Å². The molecule has 0 radical (unpaired) electrons. The zero-order valence-electron chi connectivity index (χ0n) is 26.9. The summed E-state index contributed by atoms with van der Waals surface area (Å²) in [5.41, 5.74) is -0.261. The third kappa shape index (κ3) is 6.74. The van der Waals surface area contributed by atoms with Crippen LogP contribution in [0, 0.1) is 28.8 Å². The molecule has 49 heavy (non-hydrogen) atoms. The van der Waals surface area contributed by atoms with Gasteiger partial charge in [0, 0.05) is 24.6 Å². The molecule has 1 saturated heterocycles. The Labute approximate surface area is 279 Å². The fraction of sp³-hybridized carbons (Fsp3) is 0.250. The van der Waals surface area contributed by atoms with E-state index in [1.165, 1.54) is 54.9 Å². The van der Waals surface area contributed by atoms with Crippen molar-refractivity contribution in [1.29, 1.82) is 5.41 Å². The van der Waals surface area contributed by atoms with E-state index in [1.54, 1.807) is 20.8 Å². The first-order chi connectivity index (χ1) is 23.5. The molecule has 0 saturated carbocycles. The maximum absolute atomic E-state index is 15.3. The molecule has 0 aliphatic carbocycles. The Hall–Kier alpha value is -5.56. The molecule has 1 aliphatic rings. The largest absolute Gasteiger partial charge is 0.458 e. The van der Waals surface area contributed by atoms with E-state index in [0.29, 0.717) is 32.1 Å². The summed E-state index contributed by atoms with van der Waals surface area (Å²) >= 11 is 0. The molecule has 252 valence electrons. The van der Waals surface area contributed by atoms with Gasteiger partial charge in [0.1, 0.15) is 52.1 Å². The fourth-order valence-corrected chi connectivity index (χ4v) is 5.63. The highest BCUT2D eigenvalue weighted by Crippen LogP contribution is 2.35. The number of hydrogen-bond donors (Lipinski definition) is 3. The Morgan fingerprint density at radius 3 is 2.43 bits per heavy atom. The highest BCUT2D eigenvalue weighted by molar-refractivity contribution is 6.16. The summed E-state index contributed by atoms with van der Waals surface area (Å²) in [6, 6.07) is 12.6. The average molecular weight is 671 g/mol. The van der Waals surface area contributed by atoms with E-state index in [-0.39, 0.29) is 68.0 Å². The van der Waals surface area contributed by atoms with Gasteiger partial charge in [-0.2, -0.15) is 0 Å². The van der Waals surface area contributed by atoms with Crippen molar-refractivity contribution in [2.24, 2.45) is 5.92 Å². The molecule has 1 atom stereocenters. The van der Waals surface area contributed by atoms with Gasteiger partial charge in [-0.15, -0.1) is 0 Å². The normalized spacial score (nSPS) is 13.8. The van der Waals surface area contributed by atoms with Crippen LogP contribution in [0.1, 0.15) is 43.7 Å². The summed E-state index contributed by atoms with van der Waals surface area (Å²) in [5.74, 6) is -2.18. The number of hydrogen-bond acceptors (Lipinski definition) is 9. The van der Waals surface area contributed by atoms with Gasteiger partial charge in [0.25, 0.3) is 0 Å². The van der Waals surface area contributed by atoms with E-state index in [9.17, 15) is 23.8 Å². The van der Waals surface area contributed by atoms with Gasteiger partial charge in [-0.3, -0.25) is 15.0 Å².